The van der Waals surface area contributed by atoms with Crippen LogP contribution in [0.1, 0.15) is 30.1 Å². The van der Waals surface area contributed by atoms with E-state index in [0.29, 0.717) is 59.8 Å². The summed E-state index contributed by atoms with van der Waals surface area (Å²) in [4.78, 5) is 31.1. The van der Waals surface area contributed by atoms with Gasteiger partial charge in [0.15, 0.2) is 0 Å². The van der Waals surface area contributed by atoms with E-state index in [9.17, 15) is 9.90 Å². The zero-order valence-corrected chi connectivity index (χ0v) is 23.1. The summed E-state index contributed by atoms with van der Waals surface area (Å²) < 4.78 is 0. The minimum Gasteiger partial charge on any atom is -0.507 e. The van der Waals surface area contributed by atoms with Crippen LogP contribution in [0.3, 0.4) is 0 Å². The molecule has 2 fully saturated rings. The van der Waals surface area contributed by atoms with Crippen molar-refractivity contribution in [3.05, 3.63) is 53.1 Å². The fourth-order valence-corrected chi connectivity index (χ4v) is 5.46. The molecule has 5 rings (SSSR count). The molecule has 3 aromatic rings. The molecule has 0 spiro atoms. The molecule has 0 unspecified atom stereocenters. The molecule has 2 aromatic carbocycles. The van der Waals surface area contributed by atoms with E-state index in [-0.39, 0.29) is 29.4 Å². The first-order valence-corrected chi connectivity index (χ1v) is 13.7. The van der Waals surface area contributed by atoms with Crippen molar-refractivity contribution in [2.24, 2.45) is 23.1 Å². The van der Waals surface area contributed by atoms with Crippen molar-refractivity contribution in [1.29, 1.82) is 0 Å². The molecule has 9 N–H and O–H groups in total. The Kier molecular flexibility index (Phi) is 8.22. The third kappa shape index (κ3) is 6.70. The van der Waals surface area contributed by atoms with Gasteiger partial charge in [-0.05, 0) is 55.2 Å². The van der Waals surface area contributed by atoms with Gasteiger partial charge in [0.25, 0.3) is 5.91 Å². The van der Waals surface area contributed by atoms with Crippen molar-refractivity contribution >= 4 is 46.7 Å². The SMILES string of the molecule is C[C@H]1C[C@@H](N)CN(c2nc(Nc3cccc(NC(=O)c4ccc(Cl)cc4O)c3)nc(N3C[C@H](N)C[C@H](N)C3)n2)C1. The fraction of sp³-hybridized carbons (Fsp3) is 0.407. The van der Waals surface area contributed by atoms with Crippen LogP contribution in [0.25, 0.3) is 0 Å². The standard InChI is InChI=1S/C27H35ClN10O2/c1-15-7-17(29)12-37(11-15)26-34-25(35-27(36-26)38-13-18(30)9-19(31)14-38)33-21-4-2-3-20(10-21)32-24(40)22-6-5-16(28)8-23(22)39/h2-6,8,10,15,17-19,39H,7,9,11-14,29-31H2,1H3,(H,32,40)(H,33,34,35,36)/t15-,17+,18-,19+/m0/s1. The number of benzene rings is 2. The smallest absolute Gasteiger partial charge is 0.259 e. The van der Waals surface area contributed by atoms with Crippen LogP contribution in [0.4, 0.5) is 29.2 Å². The van der Waals surface area contributed by atoms with Crippen LogP contribution in [-0.4, -0.2) is 70.3 Å². The van der Waals surface area contributed by atoms with Crippen molar-refractivity contribution in [3.63, 3.8) is 0 Å². The normalized spacial score (nSPS) is 23.1. The van der Waals surface area contributed by atoms with Gasteiger partial charge in [-0.2, -0.15) is 15.0 Å². The number of hydrogen-bond acceptors (Lipinski definition) is 11. The quantitative estimate of drug-likeness (QED) is 0.257. The number of nitrogens with one attached hydrogen (secondary N) is 2. The lowest BCUT2D eigenvalue weighted by Gasteiger charge is -2.37. The Morgan fingerprint density at radius 2 is 1.52 bits per heavy atom. The lowest BCUT2D eigenvalue weighted by atomic mass is 9.97. The molecule has 0 radical (unpaired) electrons. The number of nitrogens with two attached hydrogens (primary N) is 3. The molecule has 2 saturated heterocycles. The monoisotopic (exact) mass is 566 g/mol. The maximum Gasteiger partial charge on any atom is 0.259 e. The number of rotatable bonds is 6. The zero-order valence-electron chi connectivity index (χ0n) is 22.3. The van der Waals surface area contributed by atoms with E-state index < -0.39 is 5.91 Å². The lowest BCUT2D eigenvalue weighted by molar-refractivity contribution is 0.102. The Labute approximate surface area is 237 Å². The number of nitrogens with zero attached hydrogens (tertiary/aromatic N) is 5. The number of phenols is 1. The second-order valence-corrected chi connectivity index (χ2v) is 11.2. The Morgan fingerprint density at radius 3 is 2.17 bits per heavy atom. The first-order valence-electron chi connectivity index (χ1n) is 13.3. The van der Waals surface area contributed by atoms with Gasteiger partial charge in [0.05, 0.1) is 5.56 Å². The number of carbonyl (C=O) groups is 1. The van der Waals surface area contributed by atoms with Crippen molar-refractivity contribution in [2.45, 2.75) is 37.9 Å². The van der Waals surface area contributed by atoms with Crippen LogP contribution >= 0.6 is 11.6 Å². The number of hydrogen-bond donors (Lipinski definition) is 6. The molecular formula is C27H35ClN10O2. The predicted molar refractivity (Wildman–Crippen MR) is 157 cm³/mol. The molecule has 0 aliphatic carbocycles. The van der Waals surface area contributed by atoms with Crippen molar-refractivity contribution in [1.82, 2.24) is 15.0 Å². The highest BCUT2D eigenvalue weighted by molar-refractivity contribution is 6.31. The number of anilines is 5. The van der Waals surface area contributed by atoms with Gasteiger partial charge >= 0.3 is 0 Å². The minimum absolute atomic E-state index is 0.0255. The highest BCUT2D eigenvalue weighted by Gasteiger charge is 2.28. The number of carbonyl (C=O) groups excluding carboxylic acids is 1. The molecule has 12 nitrogen and oxygen atoms in total. The third-order valence-corrected chi connectivity index (χ3v) is 7.20. The van der Waals surface area contributed by atoms with Crippen LogP contribution in [-0.2, 0) is 0 Å². The predicted octanol–water partition coefficient (Wildman–Crippen LogP) is 2.26. The van der Waals surface area contributed by atoms with E-state index in [2.05, 4.69) is 22.5 Å². The molecule has 0 bridgehead atoms. The van der Waals surface area contributed by atoms with E-state index in [1.807, 2.05) is 11.0 Å². The van der Waals surface area contributed by atoms with Gasteiger partial charge in [-0.3, -0.25) is 4.79 Å². The number of amides is 1. The van der Waals surface area contributed by atoms with Crippen LogP contribution < -0.4 is 37.6 Å². The summed E-state index contributed by atoms with van der Waals surface area (Å²) in [5, 5.41) is 16.5. The molecular weight excluding hydrogens is 532 g/mol. The largest absolute Gasteiger partial charge is 0.507 e. The molecule has 1 aromatic heterocycles. The lowest BCUT2D eigenvalue weighted by Crippen LogP contribution is -2.53. The topological polar surface area (TPSA) is 185 Å². The summed E-state index contributed by atoms with van der Waals surface area (Å²) in [6, 6.07) is 11.3. The minimum atomic E-state index is -0.468. The Hall–Kier alpha value is -3.71. The summed E-state index contributed by atoms with van der Waals surface area (Å²) in [7, 11) is 0. The van der Waals surface area contributed by atoms with Crippen molar-refractivity contribution < 1.29 is 9.90 Å². The Morgan fingerprint density at radius 1 is 0.900 bits per heavy atom. The van der Waals surface area contributed by atoms with Crippen LogP contribution in [0.5, 0.6) is 5.75 Å². The number of aromatic nitrogens is 3. The molecule has 13 heteroatoms. The van der Waals surface area contributed by atoms with Crippen LogP contribution in [0, 0.1) is 5.92 Å². The maximum absolute atomic E-state index is 12.8. The van der Waals surface area contributed by atoms with E-state index in [1.165, 1.54) is 12.1 Å². The van der Waals surface area contributed by atoms with Crippen LogP contribution in [0.15, 0.2) is 42.5 Å². The van der Waals surface area contributed by atoms with Crippen molar-refractivity contribution in [3.8, 4) is 5.75 Å². The highest BCUT2D eigenvalue weighted by atomic mass is 35.5. The average Bonchev–Trinajstić information content (AvgIpc) is 2.87. The van der Waals surface area contributed by atoms with E-state index in [4.69, 9.17) is 43.8 Å². The molecule has 4 atom stereocenters. The van der Waals surface area contributed by atoms with Crippen LogP contribution in [0.2, 0.25) is 5.02 Å². The second-order valence-electron chi connectivity index (χ2n) is 10.7. The Balaban J connectivity index is 1.41. The van der Waals surface area contributed by atoms with E-state index in [0.717, 1.165) is 19.4 Å². The number of halogens is 1. The van der Waals surface area contributed by atoms with Gasteiger partial charge < -0.3 is 42.7 Å². The number of aromatic hydroxyl groups is 1. The first-order chi connectivity index (χ1) is 19.1. The van der Waals surface area contributed by atoms with E-state index >= 15 is 0 Å². The summed E-state index contributed by atoms with van der Waals surface area (Å²) in [5.41, 5.74) is 20.1. The first kappa shape index (κ1) is 27.8. The van der Waals surface area contributed by atoms with Gasteiger partial charge in [-0.1, -0.05) is 24.6 Å². The van der Waals surface area contributed by atoms with Crippen molar-refractivity contribution in [2.75, 3.05) is 46.6 Å². The molecule has 1 amide bonds. The van der Waals surface area contributed by atoms with E-state index in [1.54, 1.807) is 24.3 Å². The molecule has 0 saturated carbocycles. The van der Waals surface area contributed by atoms with Gasteiger partial charge in [-0.15, -0.1) is 0 Å². The third-order valence-electron chi connectivity index (χ3n) is 6.97. The van der Waals surface area contributed by atoms with Gasteiger partial charge in [0.1, 0.15) is 5.75 Å². The Bertz CT molecular complexity index is 1310. The summed E-state index contributed by atoms with van der Waals surface area (Å²) in [6.45, 7) is 4.77. The van der Waals surface area contributed by atoms with Gasteiger partial charge in [0, 0.05) is 60.7 Å². The molecule has 2 aliphatic heterocycles. The molecule has 2 aliphatic rings. The summed E-state index contributed by atoms with van der Waals surface area (Å²) >= 11 is 5.89. The number of piperidine rings is 2. The second kappa shape index (κ2) is 11.8. The average molecular weight is 567 g/mol. The van der Waals surface area contributed by atoms with Gasteiger partial charge in [0.2, 0.25) is 17.8 Å². The number of phenolic OH excluding ortho intramolecular Hbond substituents is 1. The highest BCUT2D eigenvalue weighted by Crippen LogP contribution is 2.27. The molecule has 3 heterocycles. The molecule has 40 heavy (non-hydrogen) atoms. The summed E-state index contributed by atoms with van der Waals surface area (Å²) in [6.07, 6.45) is 1.69. The zero-order chi connectivity index (χ0) is 28.4. The maximum atomic E-state index is 12.8. The summed E-state index contributed by atoms with van der Waals surface area (Å²) in [5.74, 6) is 1.10. The van der Waals surface area contributed by atoms with Gasteiger partial charge in [-0.25, -0.2) is 0 Å². The fourth-order valence-electron chi connectivity index (χ4n) is 5.30. The molecule has 212 valence electrons.